The zero-order valence-electron chi connectivity index (χ0n) is 12.0. The molecular formula is C15H26O4. The number of aliphatic carboxylic acids is 2. The average Bonchev–Trinajstić information content (AvgIpc) is 2.32. The Labute approximate surface area is 115 Å². The summed E-state index contributed by atoms with van der Waals surface area (Å²) in [5.74, 6) is -2.21. The van der Waals surface area contributed by atoms with Gasteiger partial charge in [-0.1, -0.05) is 32.3 Å². The minimum Gasteiger partial charge on any atom is -0.481 e. The summed E-state index contributed by atoms with van der Waals surface area (Å²) in [6.45, 7) is 7.03. The van der Waals surface area contributed by atoms with E-state index in [4.69, 9.17) is 5.11 Å². The van der Waals surface area contributed by atoms with Crippen molar-refractivity contribution in [3.8, 4) is 0 Å². The Morgan fingerprint density at radius 1 is 1.21 bits per heavy atom. The Hall–Kier alpha value is -1.32. The van der Waals surface area contributed by atoms with Crippen LogP contribution in [0.2, 0.25) is 0 Å². The van der Waals surface area contributed by atoms with Gasteiger partial charge in [-0.2, -0.15) is 0 Å². The lowest BCUT2D eigenvalue weighted by Crippen LogP contribution is -2.36. The lowest BCUT2D eigenvalue weighted by atomic mass is 9.73. The zero-order valence-corrected chi connectivity index (χ0v) is 12.0. The minimum absolute atomic E-state index is 0.138. The van der Waals surface area contributed by atoms with Crippen molar-refractivity contribution in [2.45, 2.75) is 58.8 Å². The molecule has 2 N–H and O–H groups in total. The van der Waals surface area contributed by atoms with E-state index in [0.29, 0.717) is 0 Å². The highest BCUT2D eigenvalue weighted by Crippen LogP contribution is 2.35. The molecule has 0 bridgehead atoms. The van der Waals surface area contributed by atoms with Gasteiger partial charge in [0.1, 0.15) is 0 Å². The summed E-state index contributed by atoms with van der Waals surface area (Å²) in [6.07, 6.45) is 7.58. The van der Waals surface area contributed by atoms with E-state index in [1.807, 2.05) is 13.0 Å². The van der Waals surface area contributed by atoms with Crippen LogP contribution in [0.25, 0.3) is 0 Å². The summed E-state index contributed by atoms with van der Waals surface area (Å²) in [7, 11) is 0. The molecule has 0 saturated heterocycles. The number of hydrogen-bond acceptors (Lipinski definition) is 2. The highest BCUT2D eigenvalue weighted by atomic mass is 16.4. The van der Waals surface area contributed by atoms with E-state index in [2.05, 4.69) is 6.58 Å². The van der Waals surface area contributed by atoms with E-state index in [1.165, 1.54) is 6.92 Å². The van der Waals surface area contributed by atoms with Crippen molar-refractivity contribution in [1.29, 1.82) is 0 Å². The first-order valence-corrected chi connectivity index (χ1v) is 6.90. The second-order valence-electron chi connectivity index (χ2n) is 5.47. The molecule has 19 heavy (non-hydrogen) atoms. The van der Waals surface area contributed by atoms with Crippen LogP contribution in [0.3, 0.4) is 0 Å². The second-order valence-corrected chi connectivity index (χ2v) is 5.47. The number of allylic oxidation sites excluding steroid dienone is 1. The van der Waals surface area contributed by atoms with Crippen LogP contribution in [0.1, 0.15) is 58.8 Å². The molecule has 0 saturated carbocycles. The fraction of sp³-hybridized carbons (Fsp3) is 0.733. The third-order valence-electron chi connectivity index (χ3n) is 3.89. The molecule has 110 valence electrons. The molecular weight excluding hydrogens is 244 g/mol. The third-order valence-corrected chi connectivity index (χ3v) is 3.89. The minimum atomic E-state index is -1.17. The lowest BCUT2D eigenvalue weighted by molar-refractivity contribution is -0.158. The molecule has 0 radical (unpaired) electrons. The van der Waals surface area contributed by atoms with Crippen LogP contribution < -0.4 is 0 Å². The van der Waals surface area contributed by atoms with Crippen molar-refractivity contribution in [1.82, 2.24) is 0 Å². The van der Waals surface area contributed by atoms with Gasteiger partial charge in [0.25, 0.3) is 0 Å². The standard InChI is InChI=1S/C15H26O4/c1-4-5-6-7-8-9-10-12(2)15(3,14(18)19)11-13(16)17/h4,12H,1,5-11H2,2-3H3,(H,16,17)(H,18,19). The first kappa shape index (κ1) is 17.7. The largest absolute Gasteiger partial charge is 0.481 e. The average molecular weight is 270 g/mol. The number of carboxylic acid groups (broad SMARTS) is 2. The van der Waals surface area contributed by atoms with Gasteiger partial charge in [0.05, 0.1) is 11.8 Å². The van der Waals surface area contributed by atoms with E-state index < -0.39 is 17.4 Å². The van der Waals surface area contributed by atoms with Crippen LogP contribution >= 0.6 is 0 Å². The smallest absolute Gasteiger partial charge is 0.310 e. The van der Waals surface area contributed by atoms with E-state index >= 15 is 0 Å². The fourth-order valence-corrected chi connectivity index (χ4v) is 2.19. The van der Waals surface area contributed by atoms with Crippen LogP contribution in [-0.2, 0) is 9.59 Å². The predicted molar refractivity (Wildman–Crippen MR) is 75.1 cm³/mol. The summed E-state index contributed by atoms with van der Waals surface area (Å²) in [4.78, 5) is 22.1. The second kappa shape index (κ2) is 8.73. The highest BCUT2D eigenvalue weighted by Gasteiger charge is 2.40. The molecule has 0 aliphatic carbocycles. The first-order chi connectivity index (χ1) is 8.84. The third kappa shape index (κ3) is 6.41. The molecule has 0 spiro atoms. The van der Waals surface area contributed by atoms with Gasteiger partial charge in [0, 0.05) is 0 Å². The van der Waals surface area contributed by atoms with Crippen LogP contribution in [0.5, 0.6) is 0 Å². The molecule has 0 rings (SSSR count). The van der Waals surface area contributed by atoms with Crippen LogP contribution in [0.15, 0.2) is 12.7 Å². The van der Waals surface area contributed by atoms with Gasteiger partial charge < -0.3 is 10.2 Å². The number of unbranched alkanes of at least 4 members (excludes halogenated alkanes) is 4. The van der Waals surface area contributed by atoms with Crippen LogP contribution in [0.4, 0.5) is 0 Å². The zero-order chi connectivity index (χ0) is 14.9. The Morgan fingerprint density at radius 2 is 1.79 bits per heavy atom. The van der Waals surface area contributed by atoms with Gasteiger partial charge >= 0.3 is 11.9 Å². The molecule has 2 unspecified atom stereocenters. The van der Waals surface area contributed by atoms with Gasteiger partial charge in [0.15, 0.2) is 0 Å². The predicted octanol–water partition coefficient (Wildman–Crippen LogP) is 3.71. The molecule has 0 heterocycles. The summed E-state index contributed by atoms with van der Waals surface area (Å²) in [5, 5.41) is 18.1. The van der Waals surface area contributed by atoms with Gasteiger partial charge in [0.2, 0.25) is 0 Å². The molecule has 4 nitrogen and oxygen atoms in total. The van der Waals surface area contributed by atoms with Crippen LogP contribution in [-0.4, -0.2) is 22.2 Å². The summed E-state index contributed by atoms with van der Waals surface area (Å²) < 4.78 is 0. The molecule has 0 aromatic heterocycles. The summed E-state index contributed by atoms with van der Waals surface area (Å²) in [6, 6.07) is 0. The molecule has 0 aromatic rings. The topological polar surface area (TPSA) is 74.6 Å². The van der Waals surface area contributed by atoms with Crippen molar-refractivity contribution >= 4 is 11.9 Å². The highest BCUT2D eigenvalue weighted by molar-refractivity contribution is 5.81. The fourth-order valence-electron chi connectivity index (χ4n) is 2.19. The molecule has 0 fully saturated rings. The monoisotopic (exact) mass is 270 g/mol. The van der Waals surface area contributed by atoms with Gasteiger partial charge in [-0.15, -0.1) is 6.58 Å². The van der Waals surface area contributed by atoms with Crippen molar-refractivity contribution in [3.05, 3.63) is 12.7 Å². The van der Waals surface area contributed by atoms with Crippen molar-refractivity contribution in [3.63, 3.8) is 0 Å². The van der Waals surface area contributed by atoms with Crippen molar-refractivity contribution in [2.75, 3.05) is 0 Å². The van der Waals surface area contributed by atoms with Gasteiger partial charge in [-0.05, 0) is 32.1 Å². The quantitative estimate of drug-likeness (QED) is 0.443. The van der Waals surface area contributed by atoms with Gasteiger partial charge in [-0.25, -0.2) is 0 Å². The van der Waals surface area contributed by atoms with Gasteiger partial charge in [-0.3, -0.25) is 9.59 Å². The van der Waals surface area contributed by atoms with Crippen LogP contribution in [0, 0.1) is 11.3 Å². The van der Waals surface area contributed by atoms with E-state index in [0.717, 1.165) is 38.5 Å². The lowest BCUT2D eigenvalue weighted by Gasteiger charge is -2.30. The number of carboxylic acids is 2. The molecule has 2 atom stereocenters. The van der Waals surface area contributed by atoms with E-state index in [-0.39, 0.29) is 12.3 Å². The Morgan fingerprint density at radius 3 is 2.26 bits per heavy atom. The normalized spacial score (nSPS) is 15.5. The Balaban J connectivity index is 4.19. The molecule has 4 heteroatoms. The molecule has 0 aromatic carbocycles. The molecule has 0 aliphatic rings. The SMILES string of the molecule is C=CCCCCCCC(C)C(C)(CC(=O)O)C(=O)O. The maximum atomic E-state index is 11.3. The Kier molecular flexibility index (Phi) is 8.12. The number of rotatable bonds is 11. The summed E-state index contributed by atoms with van der Waals surface area (Å²) >= 11 is 0. The van der Waals surface area contributed by atoms with E-state index in [9.17, 15) is 14.7 Å². The Bertz CT molecular complexity index is 311. The number of carbonyl (C=O) groups is 2. The molecule has 0 amide bonds. The molecule has 0 aliphatic heterocycles. The van der Waals surface area contributed by atoms with Crippen molar-refractivity contribution < 1.29 is 19.8 Å². The summed E-state index contributed by atoms with van der Waals surface area (Å²) in [5.41, 5.74) is -1.17. The maximum Gasteiger partial charge on any atom is 0.310 e. The number of hydrogen-bond donors (Lipinski definition) is 2. The maximum absolute atomic E-state index is 11.3. The van der Waals surface area contributed by atoms with Crippen molar-refractivity contribution in [2.24, 2.45) is 11.3 Å². The first-order valence-electron chi connectivity index (χ1n) is 6.90. The van der Waals surface area contributed by atoms with E-state index in [1.54, 1.807) is 0 Å².